The second-order valence-corrected chi connectivity index (χ2v) is 4.81. The van der Waals surface area contributed by atoms with Gasteiger partial charge in [0, 0.05) is 13.6 Å². The molecule has 1 amide bonds. The van der Waals surface area contributed by atoms with Crippen molar-refractivity contribution in [1.82, 2.24) is 15.3 Å². The maximum absolute atomic E-state index is 11.8. The summed E-state index contributed by atoms with van der Waals surface area (Å²) in [6.07, 6.45) is 1.38. The van der Waals surface area contributed by atoms with E-state index in [1.807, 2.05) is 0 Å². The van der Waals surface area contributed by atoms with Crippen molar-refractivity contribution < 1.29 is 9.72 Å². The fraction of sp³-hybridized carbons (Fsp3) is 0.545. The summed E-state index contributed by atoms with van der Waals surface area (Å²) in [5.41, 5.74) is -0.0160. The van der Waals surface area contributed by atoms with Crippen molar-refractivity contribution in [2.45, 2.75) is 25.8 Å². The number of hydrogen-bond donors (Lipinski definition) is 1. The van der Waals surface area contributed by atoms with Gasteiger partial charge in [0.15, 0.2) is 0 Å². The van der Waals surface area contributed by atoms with Gasteiger partial charge in [-0.3, -0.25) is 14.9 Å². The average molecular weight is 300 g/mol. The zero-order chi connectivity index (χ0) is 14.9. The van der Waals surface area contributed by atoms with E-state index in [-0.39, 0.29) is 28.4 Å². The summed E-state index contributed by atoms with van der Waals surface area (Å²) < 4.78 is 0. The van der Waals surface area contributed by atoms with Crippen LogP contribution in [-0.4, -0.2) is 40.4 Å². The average Bonchev–Trinajstić information content (AvgIpc) is 2.85. The van der Waals surface area contributed by atoms with E-state index in [1.165, 1.54) is 14.0 Å². The highest BCUT2D eigenvalue weighted by Crippen LogP contribution is 2.34. The minimum atomic E-state index is -0.541. The Morgan fingerprint density at radius 2 is 2.25 bits per heavy atom. The topological polar surface area (TPSA) is 101 Å². The molecule has 108 valence electrons. The molecule has 2 heterocycles. The number of rotatable bonds is 3. The zero-order valence-corrected chi connectivity index (χ0v) is 11.8. The number of aryl methyl sites for hydroxylation is 1. The molecule has 1 atom stereocenters. The summed E-state index contributed by atoms with van der Waals surface area (Å²) in [6.45, 7) is 2.02. The van der Waals surface area contributed by atoms with Gasteiger partial charge in [-0.2, -0.15) is 4.98 Å². The normalized spacial score (nSPS) is 18.1. The Kier molecular flexibility index (Phi) is 4.03. The molecule has 1 N–H and O–H groups in total. The van der Waals surface area contributed by atoms with Crippen LogP contribution < -0.4 is 10.2 Å². The number of halogens is 1. The monoisotopic (exact) mass is 299 g/mol. The number of hydrogen-bond acceptors (Lipinski definition) is 6. The highest BCUT2D eigenvalue weighted by molar-refractivity contribution is 6.28. The van der Waals surface area contributed by atoms with Crippen molar-refractivity contribution in [2.75, 3.05) is 18.5 Å². The van der Waals surface area contributed by atoms with Gasteiger partial charge in [-0.1, -0.05) is 0 Å². The van der Waals surface area contributed by atoms with E-state index in [9.17, 15) is 14.9 Å². The van der Waals surface area contributed by atoms with Crippen LogP contribution in [0.2, 0.25) is 5.28 Å². The molecule has 1 aliphatic rings. The molecule has 0 radical (unpaired) electrons. The van der Waals surface area contributed by atoms with Gasteiger partial charge in [0.05, 0.1) is 4.92 Å². The molecule has 0 bridgehead atoms. The Labute approximate surface area is 120 Å². The summed E-state index contributed by atoms with van der Waals surface area (Å²) in [5.74, 6) is -0.0808. The third-order valence-corrected chi connectivity index (χ3v) is 3.44. The lowest BCUT2D eigenvalue weighted by Crippen LogP contribution is -2.42. The maximum Gasteiger partial charge on any atom is 0.332 e. The molecule has 1 unspecified atom stereocenters. The van der Waals surface area contributed by atoms with Crippen LogP contribution in [0.5, 0.6) is 0 Å². The number of anilines is 1. The second-order valence-electron chi connectivity index (χ2n) is 4.47. The molecule has 0 aromatic carbocycles. The molecule has 1 aromatic rings. The van der Waals surface area contributed by atoms with Gasteiger partial charge in [-0.15, -0.1) is 0 Å². The smallest absolute Gasteiger partial charge is 0.332 e. The fourth-order valence-electron chi connectivity index (χ4n) is 2.39. The van der Waals surface area contributed by atoms with Crippen molar-refractivity contribution in [3.63, 3.8) is 0 Å². The molecular formula is C11H14ClN5O3. The van der Waals surface area contributed by atoms with Gasteiger partial charge in [0.1, 0.15) is 11.7 Å². The van der Waals surface area contributed by atoms with Crippen molar-refractivity contribution in [3.05, 3.63) is 21.1 Å². The summed E-state index contributed by atoms with van der Waals surface area (Å²) in [4.78, 5) is 31.9. The number of amides is 1. The Morgan fingerprint density at radius 3 is 2.85 bits per heavy atom. The van der Waals surface area contributed by atoms with E-state index in [0.29, 0.717) is 13.0 Å². The van der Waals surface area contributed by atoms with E-state index in [4.69, 9.17) is 11.6 Å². The van der Waals surface area contributed by atoms with Gasteiger partial charge < -0.3 is 10.2 Å². The molecule has 0 saturated carbocycles. The van der Waals surface area contributed by atoms with Crippen molar-refractivity contribution in [3.8, 4) is 0 Å². The minimum absolute atomic E-state index is 0.0642. The second kappa shape index (κ2) is 5.58. The Bertz CT molecular complexity index is 565. The molecular weight excluding hydrogens is 286 g/mol. The van der Waals surface area contributed by atoms with E-state index < -0.39 is 11.0 Å². The lowest BCUT2D eigenvalue weighted by atomic mass is 10.2. The predicted molar refractivity (Wildman–Crippen MR) is 72.9 cm³/mol. The van der Waals surface area contributed by atoms with Crippen LogP contribution in [0.4, 0.5) is 11.5 Å². The number of aromatic nitrogens is 2. The molecule has 1 fully saturated rings. The van der Waals surface area contributed by atoms with Crippen molar-refractivity contribution >= 4 is 29.0 Å². The van der Waals surface area contributed by atoms with Gasteiger partial charge in [-0.25, -0.2) is 4.98 Å². The Balaban J connectivity index is 2.51. The number of carbonyl (C=O) groups is 1. The molecule has 9 heteroatoms. The molecule has 1 saturated heterocycles. The molecule has 8 nitrogen and oxygen atoms in total. The van der Waals surface area contributed by atoms with Crippen LogP contribution in [-0.2, 0) is 4.79 Å². The highest BCUT2D eigenvalue weighted by Gasteiger charge is 2.36. The first-order valence-electron chi connectivity index (χ1n) is 6.12. The molecule has 2 rings (SSSR count). The van der Waals surface area contributed by atoms with Crippen LogP contribution in [0.15, 0.2) is 0 Å². The lowest BCUT2D eigenvalue weighted by Gasteiger charge is -2.24. The SMILES string of the molecule is CNC(=O)C1CCCN1c1nc(Cl)nc(C)c1[N+](=O)[O-]. The van der Waals surface area contributed by atoms with Gasteiger partial charge in [-0.05, 0) is 31.4 Å². The van der Waals surface area contributed by atoms with Crippen LogP contribution >= 0.6 is 11.6 Å². The largest absolute Gasteiger partial charge is 0.357 e. The molecule has 0 aliphatic carbocycles. The molecule has 20 heavy (non-hydrogen) atoms. The Hall–Kier alpha value is -1.96. The van der Waals surface area contributed by atoms with Gasteiger partial charge in [0.2, 0.25) is 17.0 Å². The molecule has 1 aromatic heterocycles. The maximum atomic E-state index is 11.8. The minimum Gasteiger partial charge on any atom is -0.357 e. The van der Waals surface area contributed by atoms with Gasteiger partial charge >= 0.3 is 5.69 Å². The highest BCUT2D eigenvalue weighted by atomic mass is 35.5. The molecule has 0 spiro atoms. The Morgan fingerprint density at radius 1 is 1.55 bits per heavy atom. The number of nitrogens with one attached hydrogen (secondary N) is 1. The van der Waals surface area contributed by atoms with E-state index in [1.54, 1.807) is 4.90 Å². The third kappa shape index (κ3) is 2.51. The quantitative estimate of drug-likeness (QED) is 0.509. The van der Waals surface area contributed by atoms with Crippen LogP contribution in [0.3, 0.4) is 0 Å². The summed E-state index contributed by atoms with van der Waals surface area (Å²) in [7, 11) is 1.53. The standard InChI is InChI=1S/C11H14ClN5O3/c1-6-8(17(19)20)9(15-11(12)14-6)16-5-3-4-7(16)10(18)13-2/h7H,3-5H2,1-2H3,(H,13,18). The predicted octanol–water partition coefficient (Wildman–Crippen LogP) is 1.06. The first-order valence-corrected chi connectivity index (χ1v) is 6.50. The summed E-state index contributed by atoms with van der Waals surface area (Å²) in [6, 6.07) is -0.468. The number of likely N-dealkylation sites (N-methyl/N-ethyl adjacent to an activating group) is 1. The van der Waals surface area contributed by atoms with Crippen molar-refractivity contribution in [1.29, 1.82) is 0 Å². The van der Waals surface area contributed by atoms with E-state index >= 15 is 0 Å². The molecule has 1 aliphatic heterocycles. The first-order chi connectivity index (χ1) is 9.45. The van der Waals surface area contributed by atoms with Crippen LogP contribution in [0.1, 0.15) is 18.5 Å². The number of nitrogens with zero attached hydrogens (tertiary/aromatic N) is 4. The fourth-order valence-corrected chi connectivity index (χ4v) is 2.60. The first kappa shape index (κ1) is 14.4. The van der Waals surface area contributed by atoms with E-state index in [0.717, 1.165) is 6.42 Å². The number of nitro groups is 1. The van der Waals surface area contributed by atoms with Crippen molar-refractivity contribution in [2.24, 2.45) is 0 Å². The third-order valence-electron chi connectivity index (χ3n) is 3.27. The summed E-state index contributed by atoms with van der Waals surface area (Å²) >= 11 is 5.79. The van der Waals surface area contributed by atoms with E-state index in [2.05, 4.69) is 15.3 Å². The zero-order valence-electron chi connectivity index (χ0n) is 11.1. The van der Waals surface area contributed by atoms with Crippen LogP contribution in [0, 0.1) is 17.0 Å². The number of carbonyl (C=O) groups excluding carboxylic acids is 1. The van der Waals surface area contributed by atoms with Gasteiger partial charge in [0.25, 0.3) is 0 Å². The van der Waals surface area contributed by atoms with Crippen LogP contribution in [0.25, 0.3) is 0 Å². The lowest BCUT2D eigenvalue weighted by molar-refractivity contribution is -0.385. The summed E-state index contributed by atoms with van der Waals surface area (Å²) in [5, 5.41) is 13.7.